The number of carbonyl (C=O) groups is 1. The first-order chi connectivity index (χ1) is 11.2. The summed E-state index contributed by atoms with van der Waals surface area (Å²) in [6.45, 7) is 0. The molecule has 2 aromatic carbocycles. The lowest BCUT2D eigenvalue weighted by Gasteiger charge is -2.01. The molecule has 0 saturated carbocycles. The third-order valence-electron chi connectivity index (χ3n) is 3.81. The van der Waals surface area contributed by atoms with Crippen LogP contribution in [0, 0.1) is 0 Å². The van der Waals surface area contributed by atoms with Crippen LogP contribution in [0.5, 0.6) is 5.75 Å². The minimum absolute atomic E-state index is 0.110. The van der Waals surface area contributed by atoms with E-state index in [-0.39, 0.29) is 11.5 Å². The highest BCUT2D eigenvalue weighted by Gasteiger charge is 2.13. The molecular formula is C21H18O2. The molecule has 0 atom stereocenters. The maximum absolute atomic E-state index is 12.3. The molecule has 0 fully saturated rings. The molecule has 0 bridgehead atoms. The average Bonchev–Trinajstić information content (AvgIpc) is 3.05. The molecule has 0 spiro atoms. The van der Waals surface area contributed by atoms with Gasteiger partial charge in [0.05, 0.1) is 0 Å². The van der Waals surface area contributed by atoms with Crippen LogP contribution < -0.4 is 0 Å². The van der Waals surface area contributed by atoms with Crippen molar-refractivity contribution in [2.24, 2.45) is 0 Å². The Hall–Kier alpha value is -2.87. The summed E-state index contributed by atoms with van der Waals surface area (Å²) in [7, 11) is 0. The third-order valence-corrected chi connectivity index (χ3v) is 3.81. The predicted octanol–water partition coefficient (Wildman–Crippen LogP) is 4.47. The summed E-state index contributed by atoms with van der Waals surface area (Å²) < 4.78 is 0. The fraction of sp³-hybridized carbons (Fsp3) is 0.0952. The van der Waals surface area contributed by atoms with E-state index in [0.29, 0.717) is 6.42 Å². The molecule has 0 aromatic heterocycles. The second-order valence-electron chi connectivity index (χ2n) is 5.59. The molecule has 1 aliphatic rings. The molecule has 2 aromatic rings. The molecule has 0 radical (unpaired) electrons. The Morgan fingerprint density at radius 2 is 1.74 bits per heavy atom. The summed E-state index contributed by atoms with van der Waals surface area (Å²) in [5, 5.41) is 9.28. The molecule has 0 unspecified atom stereocenters. The van der Waals surface area contributed by atoms with Crippen LogP contribution in [-0.2, 0) is 11.2 Å². The minimum Gasteiger partial charge on any atom is -0.508 e. The van der Waals surface area contributed by atoms with Crippen molar-refractivity contribution in [3.05, 3.63) is 95.1 Å². The number of ketones is 1. The molecular weight excluding hydrogens is 284 g/mol. The zero-order chi connectivity index (χ0) is 16.1. The van der Waals surface area contributed by atoms with E-state index in [9.17, 15) is 9.90 Å². The van der Waals surface area contributed by atoms with Crippen LogP contribution in [0.15, 0.2) is 84.0 Å². The van der Waals surface area contributed by atoms with Gasteiger partial charge in [0.2, 0.25) is 0 Å². The van der Waals surface area contributed by atoms with Crippen LogP contribution in [0.2, 0.25) is 0 Å². The van der Waals surface area contributed by atoms with Gasteiger partial charge in [-0.05, 0) is 41.3 Å². The molecule has 3 rings (SSSR count). The van der Waals surface area contributed by atoms with Crippen molar-refractivity contribution in [1.82, 2.24) is 0 Å². The van der Waals surface area contributed by atoms with Crippen molar-refractivity contribution >= 4 is 11.9 Å². The first kappa shape index (κ1) is 15.0. The molecule has 23 heavy (non-hydrogen) atoms. The van der Waals surface area contributed by atoms with Crippen LogP contribution in [-0.4, -0.2) is 10.9 Å². The molecule has 2 nitrogen and oxygen atoms in total. The van der Waals surface area contributed by atoms with Gasteiger partial charge in [-0.2, -0.15) is 0 Å². The Morgan fingerprint density at radius 1 is 1.00 bits per heavy atom. The van der Waals surface area contributed by atoms with E-state index < -0.39 is 0 Å². The molecule has 114 valence electrons. The molecule has 0 aliphatic heterocycles. The van der Waals surface area contributed by atoms with Gasteiger partial charge in [0.15, 0.2) is 5.78 Å². The highest BCUT2D eigenvalue weighted by atomic mass is 16.3. The molecule has 1 aliphatic carbocycles. The lowest BCUT2D eigenvalue weighted by molar-refractivity contribution is -0.114. The lowest BCUT2D eigenvalue weighted by Crippen LogP contribution is -2.03. The molecule has 0 heterocycles. The van der Waals surface area contributed by atoms with Crippen molar-refractivity contribution < 1.29 is 9.90 Å². The normalized spacial score (nSPS) is 13.9. The molecule has 2 heteroatoms. The number of phenols is 1. The van der Waals surface area contributed by atoms with Gasteiger partial charge in [-0.15, -0.1) is 0 Å². The van der Waals surface area contributed by atoms with E-state index in [4.69, 9.17) is 0 Å². The second kappa shape index (κ2) is 6.93. The van der Waals surface area contributed by atoms with E-state index in [0.717, 1.165) is 28.7 Å². The highest BCUT2D eigenvalue weighted by Crippen LogP contribution is 2.22. The van der Waals surface area contributed by atoms with E-state index in [2.05, 4.69) is 24.3 Å². The summed E-state index contributed by atoms with van der Waals surface area (Å²) in [5.74, 6) is 0.327. The Balaban J connectivity index is 1.63. The van der Waals surface area contributed by atoms with Gasteiger partial charge in [-0.3, -0.25) is 4.79 Å². The monoisotopic (exact) mass is 302 g/mol. The summed E-state index contributed by atoms with van der Waals surface area (Å²) >= 11 is 0. The fourth-order valence-corrected chi connectivity index (χ4v) is 2.52. The van der Waals surface area contributed by atoms with Crippen molar-refractivity contribution in [1.29, 1.82) is 0 Å². The van der Waals surface area contributed by atoms with Crippen LogP contribution in [0.4, 0.5) is 0 Å². The molecule has 1 N–H and O–H groups in total. The third kappa shape index (κ3) is 4.07. The Labute approximate surface area is 136 Å². The Kier molecular flexibility index (Phi) is 4.53. The number of Topliss-reactive ketones (excluding diaryl/α,β-unsaturated/α-hetero) is 1. The van der Waals surface area contributed by atoms with E-state index in [1.54, 1.807) is 24.3 Å². The zero-order valence-corrected chi connectivity index (χ0v) is 12.8. The maximum atomic E-state index is 12.3. The van der Waals surface area contributed by atoms with Gasteiger partial charge >= 0.3 is 0 Å². The van der Waals surface area contributed by atoms with Gasteiger partial charge in [0.25, 0.3) is 0 Å². The van der Waals surface area contributed by atoms with Crippen LogP contribution in [0.1, 0.15) is 17.5 Å². The van der Waals surface area contributed by atoms with Gasteiger partial charge in [-0.25, -0.2) is 0 Å². The minimum atomic E-state index is 0.110. The molecule has 0 amide bonds. The van der Waals surface area contributed by atoms with Crippen LogP contribution in [0.3, 0.4) is 0 Å². The number of hydrogen-bond acceptors (Lipinski definition) is 2. The van der Waals surface area contributed by atoms with Gasteiger partial charge in [0, 0.05) is 12.0 Å². The van der Waals surface area contributed by atoms with Crippen molar-refractivity contribution in [3.63, 3.8) is 0 Å². The second-order valence-corrected chi connectivity index (χ2v) is 5.59. The number of aromatic hydroxyl groups is 1. The number of carbonyl (C=O) groups excluding carboxylic acids is 1. The van der Waals surface area contributed by atoms with E-state index in [1.165, 1.54) is 0 Å². The Bertz CT molecular complexity index is 778. The largest absolute Gasteiger partial charge is 0.508 e. The van der Waals surface area contributed by atoms with E-state index >= 15 is 0 Å². The van der Waals surface area contributed by atoms with Crippen molar-refractivity contribution in [2.75, 3.05) is 0 Å². The average molecular weight is 302 g/mol. The van der Waals surface area contributed by atoms with Gasteiger partial charge in [-0.1, -0.05) is 60.7 Å². The maximum Gasteiger partial charge on any atom is 0.166 e. The summed E-state index contributed by atoms with van der Waals surface area (Å²) in [4.78, 5) is 12.3. The number of allylic oxidation sites excluding steroid dienone is 5. The fourth-order valence-electron chi connectivity index (χ4n) is 2.52. The zero-order valence-electron chi connectivity index (χ0n) is 12.8. The first-order valence-corrected chi connectivity index (χ1v) is 7.66. The number of phenolic OH excluding ortho intramolecular Hbond substituents is 1. The number of benzene rings is 2. The summed E-state index contributed by atoms with van der Waals surface area (Å²) in [6.07, 6.45) is 9.22. The SMILES string of the molecule is O=C(Cc1ccc(O)cc1)C1=CCC(/C=C/c2ccccc2)=C1. The van der Waals surface area contributed by atoms with Crippen molar-refractivity contribution in [2.45, 2.75) is 12.8 Å². The lowest BCUT2D eigenvalue weighted by atomic mass is 10.0. The Morgan fingerprint density at radius 3 is 2.48 bits per heavy atom. The van der Waals surface area contributed by atoms with Crippen LogP contribution in [0.25, 0.3) is 6.08 Å². The van der Waals surface area contributed by atoms with Crippen molar-refractivity contribution in [3.8, 4) is 5.75 Å². The number of hydrogen-bond donors (Lipinski definition) is 1. The first-order valence-electron chi connectivity index (χ1n) is 7.66. The predicted molar refractivity (Wildman–Crippen MR) is 93.1 cm³/mol. The summed E-state index contributed by atoms with van der Waals surface area (Å²) in [5.41, 5.74) is 3.97. The number of rotatable bonds is 5. The summed E-state index contributed by atoms with van der Waals surface area (Å²) in [6, 6.07) is 16.9. The standard InChI is InChI=1S/C21H18O2/c22-20-12-9-18(10-13-20)15-21(23)19-11-8-17(14-19)7-6-16-4-2-1-3-5-16/h1-7,9-14,22H,8,15H2/b7-6+. The van der Waals surface area contributed by atoms with E-state index in [1.807, 2.05) is 30.4 Å². The highest BCUT2D eigenvalue weighted by molar-refractivity contribution is 6.00. The van der Waals surface area contributed by atoms with Crippen LogP contribution >= 0.6 is 0 Å². The van der Waals surface area contributed by atoms with Gasteiger partial charge < -0.3 is 5.11 Å². The smallest absolute Gasteiger partial charge is 0.166 e. The van der Waals surface area contributed by atoms with Gasteiger partial charge in [0.1, 0.15) is 5.75 Å². The molecule has 0 saturated heterocycles. The topological polar surface area (TPSA) is 37.3 Å². The quantitative estimate of drug-likeness (QED) is 0.884.